The molecule has 0 radical (unpaired) electrons. The smallest absolute Gasteiger partial charge is 0.252 e. The lowest BCUT2D eigenvalue weighted by Gasteiger charge is -2.11. The number of aryl methyl sites for hydroxylation is 2. The molecule has 2 N–H and O–H groups in total. The number of nitrogens with two attached hydrogens (primary N) is 1. The van der Waals surface area contributed by atoms with Crippen molar-refractivity contribution in [1.82, 2.24) is 24.1 Å². The average molecular weight is 362 g/mol. The van der Waals surface area contributed by atoms with Crippen LogP contribution < -0.4 is 10.5 Å². The van der Waals surface area contributed by atoms with Crippen LogP contribution in [0.1, 0.15) is 21.7 Å². The van der Waals surface area contributed by atoms with Crippen molar-refractivity contribution in [2.45, 2.75) is 13.8 Å². The molecule has 136 valence electrons. The van der Waals surface area contributed by atoms with Crippen molar-refractivity contribution in [2.75, 3.05) is 7.11 Å². The minimum absolute atomic E-state index is 0.305. The third kappa shape index (κ3) is 2.71. The molecular formula is C19H18N6O2. The van der Waals surface area contributed by atoms with Gasteiger partial charge in [0.05, 0.1) is 24.4 Å². The number of amides is 1. The Labute approximate surface area is 155 Å². The summed E-state index contributed by atoms with van der Waals surface area (Å²) in [5.74, 6) is 0.541. The van der Waals surface area contributed by atoms with E-state index < -0.39 is 5.91 Å². The molecule has 8 nitrogen and oxygen atoms in total. The average Bonchev–Trinajstić information content (AvgIpc) is 3.27. The lowest BCUT2D eigenvalue weighted by molar-refractivity contribution is 0.0997. The predicted molar refractivity (Wildman–Crippen MR) is 100 cm³/mol. The molecule has 3 aromatic heterocycles. The number of carbonyl (C=O) groups excluding carboxylic acids is 1. The van der Waals surface area contributed by atoms with E-state index in [1.54, 1.807) is 29.0 Å². The van der Waals surface area contributed by atoms with Crippen LogP contribution in [-0.2, 0) is 0 Å². The maximum Gasteiger partial charge on any atom is 0.252 e. The number of carbonyl (C=O) groups is 1. The number of hydrogen-bond acceptors (Lipinski definition) is 5. The first-order valence-corrected chi connectivity index (χ1v) is 8.33. The van der Waals surface area contributed by atoms with Gasteiger partial charge < -0.3 is 10.5 Å². The molecule has 8 heteroatoms. The van der Waals surface area contributed by atoms with Crippen molar-refractivity contribution in [3.8, 4) is 22.8 Å². The van der Waals surface area contributed by atoms with Crippen molar-refractivity contribution in [1.29, 1.82) is 0 Å². The Hall–Kier alpha value is -3.68. The van der Waals surface area contributed by atoms with Crippen molar-refractivity contribution in [2.24, 2.45) is 5.73 Å². The Kier molecular flexibility index (Phi) is 3.88. The number of imidazole rings is 1. The van der Waals surface area contributed by atoms with E-state index in [0.29, 0.717) is 17.1 Å². The third-order valence-electron chi connectivity index (χ3n) is 4.39. The highest BCUT2D eigenvalue weighted by atomic mass is 16.5. The molecule has 0 saturated heterocycles. The molecule has 0 unspecified atom stereocenters. The van der Waals surface area contributed by atoms with Crippen molar-refractivity contribution in [3.05, 3.63) is 59.8 Å². The summed E-state index contributed by atoms with van der Waals surface area (Å²) in [5, 5.41) is 4.43. The van der Waals surface area contributed by atoms with Gasteiger partial charge in [0, 0.05) is 29.5 Å². The first-order valence-electron chi connectivity index (χ1n) is 8.33. The number of aromatic nitrogens is 5. The fraction of sp³-hybridized carbons (Fsp3) is 0.158. The second-order valence-electron chi connectivity index (χ2n) is 6.20. The molecule has 0 saturated carbocycles. The van der Waals surface area contributed by atoms with Gasteiger partial charge in [-0.1, -0.05) is 0 Å². The summed E-state index contributed by atoms with van der Waals surface area (Å²) in [6.45, 7) is 3.92. The Morgan fingerprint density at radius 2 is 2.04 bits per heavy atom. The predicted octanol–water partition coefficient (Wildman–Crippen LogP) is 2.31. The second-order valence-corrected chi connectivity index (χ2v) is 6.20. The minimum Gasteiger partial charge on any atom is -0.496 e. The van der Waals surface area contributed by atoms with Gasteiger partial charge in [-0.25, -0.2) is 14.5 Å². The van der Waals surface area contributed by atoms with Gasteiger partial charge in [-0.3, -0.25) is 9.36 Å². The molecule has 0 aliphatic carbocycles. The molecule has 27 heavy (non-hydrogen) atoms. The highest BCUT2D eigenvalue weighted by Crippen LogP contribution is 2.28. The maximum atomic E-state index is 11.8. The Morgan fingerprint density at radius 1 is 1.22 bits per heavy atom. The van der Waals surface area contributed by atoms with Gasteiger partial charge >= 0.3 is 0 Å². The summed E-state index contributed by atoms with van der Waals surface area (Å²) in [5.41, 5.74) is 9.94. The largest absolute Gasteiger partial charge is 0.496 e. The number of hydrogen-bond donors (Lipinski definition) is 1. The zero-order valence-electron chi connectivity index (χ0n) is 15.2. The van der Waals surface area contributed by atoms with Crippen LogP contribution in [0.25, 0.3) is 22.7 Å². The van der Waals surface area contributed by atoms with Gasteiger partial charge in [0.25, 0.3) is 5.91 Å². The monoisotopic (exact) mass is 362 g/mol. The van der Waals surface area contributed by atoms with Gasteiger partial charge in [0.2, 0.25) is 0 Å². The molecule has 4 aromatic rings. The minimum atomic E-state index is -0.556. The van der Waals surface area contributed by atoms with Crippen LogP contribution in [0.4, 0.5) is 0 Å². The molecule has 0 aliphatic heterocycles. The van der Waals surface area contributed by atoms with Crippen LogP contribution >= 0.6 is 0 Å². The second kappa shape index (κ2) is 6.24. The van der Waals surface area contributed by atoms with Crippen LogP contribution in [0, 0.1) is 13.8 Å². The molecule has 0 spiro atoms. The van der Waals surface area contributed by atoms with E-state index in [2.05, 4.69) is 15.1 Å². The van der Waals surface area contributed by atoms with Crippen molar-refractivity contribution < 1.29 is 9.53 Å². The van der Waals surface area contributed by atoms with Crippen LogP contribution in [-0.4, -0.2) is 37.2 Å². The summed E-state index contributed by atoms with van der Waals surface area (Å²) in [7, 11) is 1.50. The van der Waals surface area contributed by atoms with Crippen LogP contribution in [0.15, 0.2) is 42.9 Å². The van der Waals surface area contributed by atoms with Crippen molar-refractivity contribution >= 4 is 11.6 Å². The van der Waals surface area contributed by atoms with E-state index >= 15 is 0 Å². The Bertz CT molecular complexity index is 1170. The fourth-order valence-corrected chi connectivity index (χ4v) is 3.18. The molecular weight excluding hydrogens is 344 g/mol. The highest BCUT2D eigenvalue weighted by molar-refractivity contribution is 5.96. The molecule has 0 bridgehead atoms. The van der Waals surface area contributed by atoms with E-state index in [1.165, 1.54) is 7.11 Å². The topological polar surface area (TPSA) is 100 Å². The lowest BCUT2D eigenvalue weighted by Crippen LogP contribution is -2.13. The SMILES string of the molecule is COc1ccc(-n2ccnc2-c2cnn3c(C)cc(C)nc23)cc1C(N)=O. The third-order valence-corrected chi connectivity index (χ3v) is 4.39. The maximum absolute atomic E-state index is 11.8. The standard InChI is InChI=1S/C19H18N6O2/c1-11-8-12(2)25-19(23-11)15(10-22-25)18-21-6-7-24(18)13-4-5-16(27-3)14(9-13)17(20)26/h4-10H,1-3H3,(H2,20,26). The Balaban J connectivity index is 1.90. The van der Waals surface area contributed by atoms with E-state index in [9.17, 15) is 4.79 Å². The first kappa shape index (κ1) is 16.8. The van der Waals surface area contributed by atoms with Crippen molar-refractivity contribution in [3.63, 3.8) is 0 Å². The Morgan fingerprint density at radius 3 is 2.78 bits per heavy atom. The zero-order chi connectivity index (χ0) is 19.1. The number of methoxy groups -OCH3 is 1. The number of nitrogens with zero attached hydrogens (tertiary/aromatic N) is 5. The molecule has 3 heterocycles. The van der Waals surface area contributed by atoms with E-state index in [1.807, 2.05) is 36.7 Å². The molecule has 0 atom stereocenters. The van der Waals surface area contributed by atoms with Gasteiger partial charge in [-0.15, -0.1) is 0 Å². The summed E-state index contributed by atoms with van der Waals surface area (Å²) in [4.78, 5) is 20.9. The molecule has 4 rings (SSSR count). The van der Waals surface area contributed by atoms with E-state index in [-0.39, 0.29) is 0 Å². The number of primary amides is 1. The number of rotatable bonds is 4. The van der Waals surface area contributed by atoms with Crippen LogP contribution in [0.2, 0.25) is 0 Å². The van der Waals surface area contributed by atoms with Gasteiger partial charge in [0.1, 0.15) is 11.6 Å². The molecule has 1 amide bonds. The summed E-state index contributed by atoms with van der Waals surface area (Å²) in [6, 6.07) is 7.20. The lowest BCUT2D eigenvalue weighted by atomic mass is 10.1. The van der Waals surface area contributed by atoms with Crippen LogP contribution in [0.5, 0.6) is 5.75 Å². The van der Waals surface area contributed by atoms with Gasteiger partial charge in [0.15, 0.2) is 5.65 Å². The van der Waals surface area contributed by atoms with Gasteiger partial charge in [-0.05, 0) is 38.1 Å². The first-order chi connectivity index (χ1) is 13.0. The molecule has 0 fully saturated rings. The molecule has 1 aromatic carbocycles. The van der Waals surface area contributed by atoms with Gasteiger partial charge in [-0.2, -0.15) is 5.10 Å². The quantitative estimate of drug-likeness (QED) is 0.600. The summed E-state index contributed by atoms with van der Waals surface area (Å²) < 4.78 is 8.86. The van der Waals surface area contributed by atoms with E-state index in [4.69, 9.17) is 10.5 Å². The summed E-state index contributed by atoms with van der Waals surface area (Å²) in [6.07, 6.45) is 5.25. The zero-order valence-corrected chi connectivity index (χ0v) is 15.2. The number of fused-ring (bicyclic) bond motifs is 1. The number of benzene rings is 1. The van der Waals surface area contributed by atoms with E-state index in [0.717, 1.165) is 28.3 Å². The number of ether oxygens (including phenoxy) is 1. The normalized spacial score (nSPS) is 11.1. The molecule has 0 aliphatic rings. The fourth-order valence-electron chi connectivity index (χ4n) is 3.18. The van der Waals surface area contributed by atoms with Crippen LogP contribution in [0.3, 0.4) is 0 Å². The highest BCUT2D eigenvalue weighted by Gasteiger charge is 2.17. The summed E-state index contributed by atoms with van der Waals surface area (Å²) >= 11 is 0.